The van der Waals surface area contributed by atoms with Crippen LogP contribution in [0.5, 0.6) is 0 Å². The first-order valence-electron chi connectivity index (χ1n) is 8.44. The molecule has 1 aliphatic carbocycles. The van der Waals surface area contributed by atoms with E-state index in [2.05, 4.69) is 20.6 Å². The van der Waals surface area contributed by atoms with Crippen molar-refractivity contribution < 1.29 is 13.9 Å². The fourth-order valence-electron chi connectivity index (χ4n) is 3.28. The maximum atomic E-state index is 13.6. The standard InChI is InChI=1S/C16H24FN5O2.ClH/c1-3-24-9-14(23)20-13-8-22(7-11(13)10-4-5-10)16-19-6-12(17)15(18-2)21-16;/h6,10-11,13H,3-5,7-9H2,1-2H3,(H,20,23)(H,18,19,21);1H/t11-,13+;/m1./s1. The molecule has 0 spiro atoms. The zero-order valence-electron chi connectivity index (χ0n) is 14.5. The lowest BCUT2D eigenvalue weighted by Crippen LogP contribution is -2.43. The summed E-state index contributed by atoms with van der Waals surface area (Å²) in [6.45, 7) is 3.88. The van der Waals surface area contributed by atoms with Crippen molar-refractivity contribution in [2.75, 3.05) is 43.6 Å². The fourth-order valence-corrected chi connectivity index (χ4v) is 3.28. The summed E-state index contributed by atoms with van der Waals surface area (Å²) in [7, 11) is 1.63. The van der Waals surface area contributed by atoms with Crippen LogP contribution in [0.4, 0.5) is 16.2 Å². The second kappa shape index (κ2) is 8.62. The van der Waals surface area contributed by atoms with E-state index >= 15 is 0 Å². The molecule has 0 radical (unpaired) electrons. The number of nitrogens with one attached hydrogen (secondary N) is 2. The van der Waals surface area contributed by atoms with E-state index in [-0.39, 0.29) is 36.8 Å². The molecule has 2 heterocycles. The second-order valence-electron chi connectivity index (χ2n) is 6.33. The van der Waals surface area contributed by atoms with Crippen molar-refractivity contribution in [3.8, 4) is 0 Å². The SMILES string of the molecule is CCOCC(=O)N[C@H]1CN(c2ncc(F)c(NC)n2)C[C@@H]1C1CC1.Cl. The van der Waals surface area contributed by atoms with E-state index < -0.39 is 5.82 Å². The Hall–Kier alpha value is -1.67. The highest BCUT2D eigenvalue weighted by Crippen LogP contribution is 2.42. The molecule has 2 aliphatic rings. The molecule has 1 saturated heterocycles. The zero-order chi connectivity index (χ0) is 17.1. The van der Waals surface area contributed by atoms with Gasteiger partial charge in [0.2, 0.25) is 11.9 Å². The highest BCUT2D eigenvalue weighted by Gasteiger charge is 2.43. The maximum Gasteiger partial charge on any atom is 0.246 e. The molecule has 0 bridgehead atoms. The number of aromatic nitrogens is 2. The summed E-state index contributed by atoms with van der Waals surface area (Å²) < 4.78 is 18.7. The summed E-state index contributed by atoms with van der Waals surface area (Å²) in [6.07, 6.45) is 3.58. The molecule has 7 nitrogen and oxygen atoms in total. The average Bonchev–Trinajstić information content (AvgIpc) is 3.34. The molecule has 1 amide bonds. The van der Waals surface area contributed by atoms with Crippen molar-refractivity contribution in [2.45, 2.75) is 25.8 Å². The van der Waals surface area contributed by atoms with E-state index in [0.717, 1.165) is 6.54 Å². The van der Waals surface area contributed by atoms with Crippen LogP contribution in [0.3, 0.4) is 0 Å². The first-order chi connectivity index (χ1) is 11.6. The Morgan fingerprint density at radius 2 is 2.20 bits per heavy atom. The number of carbonyl (C=O) groups excluding carboxylic acids is 1. The van der Waals surface area contributed by atoms with Crippen LogP contribution in [-0.4, -0.2) is 55.3 Å². The van der Waals surface area contributed by atoms with Crippen LogP contribution in [0.25, 0.3) is 0 Å². The van der Waals surface area contributed by atoms with Crippen molar-refractivity contribution in [1.82, 2.24) is 15.3 Å². The smallest absolute Gasteiger partial charge is 0.246 e. The quantitative estimate of drug-likeness (QED) is 0.753. The van der Waals surface area contributed by atoms with Crippen LogP contribution in [0.1, 0.15) is 19.8 Å². The lowest BCUT2D eigenvalue weighted by atomic mass is 9.98. The Morgan fingerprint density at radius 1 is 1.44 bits per heavy atom. The molecule has 140 valence electrons. The number of anilines is 2. The molecule has 0 aromatic carbocycles. The molecule has 2 atom stereocenters. The molecule has 3 rings (SSSR count). The third-order valence-corrected chi connectivity index (χ3v) is 4.63. The summed E-state index contributed by atoms with van der Waals surface area (Å²) in [5, 5.41) is 5.81. The largest absolute Gasteiger partial charge is 0.372 e. The number of ether oxygens (including phenoxy) is 1. The third kappa shape index (κ3) is 4.70. The molecule has 25 heavy (non-hydrogen) atoms. The van der Waals surface area contributed by atoms with Gasteiger partial charge in [-0.3, -0.25) is 4.79 Å². The van der Waals surface area contributed by atoms with Gasteiger partial charge in [-0.15, -0.1) is 12.4 Å². The van der Waals surface area contributed by atoms with Crippen molar-refractivity contribution in [3.63, 3.8) is 0 Å². The second-order valence-corrected chi connectivity index (χ2v) is 6.33. The predicted octanol–water partition coefficient (Wildman–Crippen LogP) is 1.45. The summed E-state index contributed by atoms with van der Waals surface area (Å²) >= 11 is 0. The Balaban J connectivity index is 0.00000225. The molecule has 1 saturated carbocycles. The molecule has 1 aromatic heterocycles. The summed E-state index contributed by atoms with van der Waals surface area (Å²) in [4.78, 5) is 22.4. The molecule has 0 unspecified atom stereocenters. The topological polar surface area (TPSA) is 79.4 Å². The van der Waals surface area contributed by atoms with E-state index in [4.69, 9.17) is 4.74 Å². The van der Waals surface area contributed by atoms with Crippen molar-refractivity contribution >= 4 is 30.1 Å². The Labute approximate surface area is 153 Å². The molecule has 2 N–H and O–H groups in total. The predicted molar refractivity (Wildman–Crippen MR) is 95.6 cm³/mol. The van der Waals surface area contributed by atoms with Crippen LogP contribution in [-0.2, 0) is 9.53 Å². The lowest BCUT2D eigenvalue weighted by Gasteiger charge is -2.19. The van der Waals surface area contributed by atoms with Gasteiger partial charge in [-0.2, -0.15) is 4.98 Å². The van der Waals surface area contributed by atoms with E-state index in [1.165, 1.54) is 19.0 Å². The molecule has 1 aromatic rings. The van der Waals surface area contributed by atoms with Crippen LogP contribution in [0.2, 0.25) is 0 Å². The Morgan fingerprint density at radius 3 is 2.84 bits per heavy atom. The minimum Gasteiger partial charge on any atom is -0.372 e. The van der Waals surface area contributed by atoms with Gasteiger partial charge in [0.1, 0.15) is 6.61 Å². The van der Waals surface area contributed by atoms with Crippen molar-refractivity contribution in [2.24, 2.45) is 11.8 Å². The van der Waals surface area contributed by atoms with Gasteiger partial charge in [-0.1, -0.05) is 0 Å². The van der Waals surface area contributed by atoms with Crippen LogP contribution < -0.4 is 15.5 Å². The van der Waals surface area contributed by atoms with Crippen LogP contribution in [0, 0.1) is 17.7 Å². The zero-order valence-corrected chi connectivity index (χ0v) is 15.3. The minimum absolute atomic E-state index is 0. The highest BCUT2D eigenvalue weighted by molar-refractivity contribution is 5.85. The Kier molecular flexibility index (Phi) is 6.78. The normalized spacial score (nSPS) is 22.4. The summed E-state index contributed by atoms with van der Waals surface area (Å²) in [5.74, 6) is 1.13. The van der Waals surface area contributed by atoms with Gasteiger partial charge in [0.15, 0.2) is 11.6 Å². The van der Waals surface area contributed by atoms with E-state index in [0.29, 0.717) is 30.9 Å². The van der Waals surface area contributed by atoms with Crippen LogP contribution >= 0.6 is 12.4 Å². The summed E-state index contributed by atoms with van der Waals surface area (Å²) in [5.41, 5.74) is 0. The summed E-state index contributed by atoms with van der Waals surface area (Å²) in [6, 6.07) is 0.0529. The van der Waals surface area contributed by atoms with Gasteiger partial charge in [-0.25, -0.2) is 9.37 Å². The van der Waals surface area contributed by atoms with Crippen molar-refractivity contribution in [1.29, 1.82) is 0 Å². The third-order valence-electron chi connectivity index (χ3n) is 4.63. The molecule has 2 fully saturated rings. The van der Waals surface area contributed by atoms with Gasteiger partial charge in [-0.05, 0) is 25.7 Å². The van der Waals surface area contributed by atoms with Gasteiger partial charge in [0.05, 0.1) is 12.2 Å². The van der Waals surface area contributed by atoms with Crippen molar-refractivity contribution in [3.05, 3.63) is 12.0 Å². The number of hydrogen-bond donors (Lipinski definition) is 2. The lowest BCUT2D eigenvalue weighted by molar-refractivity contribution is -0.126. The number of carbonyl (C=O) groups is 1. The Bertz CT molecular complexity index is 602. The number of hydrogen-bond acceptors (Lipinski definition) is 6. The number of halogens is 2. The van der Waals surface area contributed by atoms with Gasteiger partial charge >= 0.3 is 0 Å². The van der Waals surface area contributed by atoms with Gasteiger partial charge < -0.3 is 20.3 Å². The monoisotopic (exact) mass is 373 g/mol. The first kappa shape index (κ1) is 19.7. The molecule has 9 heteroatoms. The van der Waals surface area contributed by atoms with E-state index in [9.17, 15) is 9.18 Å². The van der Waals surface area contributed by atoms with Gasteiger partial charge in [0.25, 0.3) is 0 Å². The molecular formula is C16H25ClFN5O2. The number of amides is 1. The number of rotatable bonds is 7. The maximum absolute atomic E-state index is 13.6. The highest BCUT2D eigenvalue weighted by atomic mass is 35.5. The average molecular weight is 374 g/mol. The first-order valence-corrected chi connectivity index (χ1v) is 8.44. The minimum atomic E-state index is -0.472. The number of nitrogens with zero attached hydrogens (tertiary/aromatic N) is 3. The van der Waals surface area contributed by atoms with E-state index in [1.807, 2.05) is 11.8 Å². The fraction of sp³-hybridized carbons (Fsp3) is 0.688. The molecular weight excluding hydrogens is 349 g/mol. The molecule has 1 aliphatic heterocycles. The van der Waals surface area contributed by atoms with Gasteiger partial charge in [0, 0.05) is 32.7 Å². The van der Waals surface area contributed by atoms with E-state index in [1.54, 1.807) is 7.05 Å². The van der Waals surface area contributed by atoms with Crippen LogP contribution in [0.15, 0.2) is 6.20 Å².